The quantitative estimate of drug-likeness (QED) is 0.482. The van der Waals surface area contributed by atoms with Crippen LogP contribution in [0.1, 0.15) is 22.5 Å². The largest absolute Gasteiger partial charge is 0.276 e. The van der Waals surface area contributed by atoms with E-state index in [1.54, 1.807) is 16.8 Å². The van der Waals surface area contributed by atoms with Crippen molar-refractivity contribution in [1.82, 2.24) is 24.7 Å². The van der Waals surface area contributed by atoms with Crippen molar-refractivity contribution in [2.75, 3.05) is 0 Å². The van der Waals surface area contributed by atoms with Gasteiger partial charge in [0.25, 0.3) is 0 Å². The molecule has 9 heteroatoms. The smallest absolute Gasteiger partial charge is 0.187 e. The minimum absolute atomic E-state index is 0.0608. The lowest BCUT2D eigenvalue weighted by Gasteiger charge is -2.17. The van der Waals surface area contributed by atoms with Crippen molar-refractivity contribution in [2.24, 2.45) is 4.99 Å². The Bertz CT molecular complexity index is 1300. The third-order valence-electron chi connectivity index (χ3n) is 4.91. The minimum Gasteiger partial charge on any atom is -0.276 e. The molecule has 1 aliphatic rings. The highest BCUT2D eigenvalue weighted by Crippen LogP contribution is 2.35. The maximum absolute atomic E-state index is 14.7. The summed E-state index contributed by atoms with van der Waals surface area (Å²) >= 11 is 6.66. The van der Waals surface area contributed by atoms with Crippen LogP contribution in [0.25, 0.3) is 17.2 Å². The van der Waals surface area contributed by atoms with Crippen LogP contribution in [-0.4, -0.2) is 30.4 Å². The summed E-state index contributed by atoms with van der Waals surface area (Å²) in [6, 6.07) is 9.05. The predicted molar refractivity (Wildman–Crippen MR) is 108 cm³/mol. The van der Waals surface area contributed by atoms with E-state index >= 15 is 0 Å². The van der Waals surface area contributed by atoms with Gasteiger partial charge in [-0.3, -0.25) is 9.56 Å². The van der Waals surface area contributed by atoms with Crippen LogP contribution in [0.4, 0.5) is 8.78 Å². The van der Waals surface area contributed by atoms with Crippen LogP contribution in [0.3, 0.4) is 0 Å². The van der Waals surface area contributed by atoms with Crippen molar-refractivity contribution in [3.63, 3.8) is 0 Å². The second kappa shape index (κ2) is 7.07. The van der Waals surface area contributed by atoms with Crippen LogP contribution >= 0.6 is 11.6 Å². The molecule has 0 aliphatic carbocycles. The molecule has 0 bridgehead atoms. The summed E-state index contributed by atoms with van der Waals surface area (Å²) in [4.78, 5) is 12.7. The van der Waals surface area contributed by atoms with Crippen molar-refractivity contribution in [3.8, 4) is 17.2 Å². The van der Waals surface area contributed by atoms with Gasteiger partial charge in [0.2, 0.25) is 0 Å². The highest BCUT2D eigenvalue weighted by Gasteiger charge is 2.29. The summed E-state index contributed by atoms with van der Waals surface area (Å²) in [5.74, 6) is -0.479. The highest BCUT2D eigenvalue weighted by molar-refractivity contribution is 6.37. The maximum Gasteiger partial charge on any atom is 0.187 e. The van der Waals surface area contributed by atoms with E-state index in [1.165, 1.54) is 24.5 Å². The van der Waals surface area contributed by atoms with Crippen molar-refractivity contribution < 1.29 is 8.78 Å². The molecule has 0 saturated heterocycles. The molecular weight excluding hydrogens is 410 g/mol. The predicted octanol–water partition coefficient (Wildman–Crippen LogP) is 4.32. The third kappa shape index (κ3) is 2.80. The van der Waals surface area contributed by atoms with Crippen LogP contribution in [0.5, 0.6) is 0 Å². The van der Waals surface area contributed by atoms with E-state index in [1.807, 2.05) is 19.1 Å². The zero-order valence-electron chi connectivity index (χ0n) is 15.6. The molecule has 0 spiro atoms. The molecule has 6 nitrogen and oxygen atoms in total. The van der Waals surface area contributed by atoms with Gasteiger partial charge in [-0.15, -0.1) is 10.2 Å². The lowest BCUT2D eigenvalue weighted by atomic mass is 9.97. The summed E-state index contributed by atoms with van der Waals surface area (Å²) < 4.78 is 31.1. The van der Waals surface area contributed by atoms with E-state index in [0.717, 1.165) is 5.56 Å². The van der Waals surface area contributed by atoms with Gasteiger partial charge in [-0.2, -0.15) is 0 Å². The Morgan fingerprint density at radius 3 is 2.53 bits per heavy atom. The first-order valence-electron chi connectivity index (χ1n) is 9.05. The van der Waals surface area contributed by atoms with E-state index in [9.17, 15) is 8.78 Å². The fourth-order valence-electron chi connectivity index (χ4n) is 3.50. The van der Waals surface area contributed by atoms with Crippen LogP contribution in [0.2, 0.25) is 5.02 Å². The van der Waals surface area contributed by atoms with Crippen LogP contribution in [0, 0.1) is 18.6 Å². The van der Waals surface area contributed by atoms with Crippen molar-refractivity contribution in [1.29, 1.82) is 0 Å². The molecule has 148 valence electrons. The van der Waals surface area contributed by atoms with Crippen molar-refractivity contribution in [2.45, 2.75) is 13.5 Å². The Hall–Kier alpha value is -3.52. The van der Waals surface area contributed by atoms with Gasteiger partial charge in [-0.05, 0) is 36.8 Å². The number of fused-ring (bicyclic) bond motifs is 3. The van der Waals surface area contributed by atoms with E-state index in [4.69, 9.17) is 11.6 Å². The Kier molecular flexibility index (Phi) is 4.36. The first kappa shape index (κ1) is 18.5. The number of rotatable bonds is 2. The first-order chi connectivity index (χ1) is 14.6. The summed E-state index contributed by atoms with van der Waals surface area (Å²) in [5.41, 5.74) is 2.18. The third-order valence-corrected chi connectivity index (χ3v) is 5.40. The van der Waals surface area contributed by atoms with Gasteiger partial charge in [0, 0.05) is 11.8 Å². The van der Waals surface area contributed by atoms with E-state index in [0.29, 0.717) is 33.6 Å². The van der Waals surface area contributed by atoms with Gasteiger partial charge in [0.1, 0.15) is 30.2 Å². The number of aliphatic imine (C=N–C) groups is 1. The fourth-order valence-corrected chi connectivity index (χ4v) is 3.75. The first-order valence-corrected chi connectivity index (χ1v) is 9.43. The molecule has 2 aromatic heterocycles. The molecule has 3 heterocycles. The number of nitrogens with zero attached hydrogens (tertiary/aromatic N) is 6. The number of hydrogen-bond acceptors (Lipinski definition) is 5. The average molecular weight is 423 g/mol. The molecule has 0 saturated carbocycles. The Morgan fingerprint density at radius 2 is 1.80 bits per heavy atom. The highest BCUT2D eigenvalue weighted by atomic mass is 35.5. The number of halogens is 3. The Morgan fingerprint density at radius 1 is 1.00 bits per heavy atom. The van der Waals surface area contributed by atoms with E-state index in [2.05, 4.69) is 25.2 Å². The number of aryl methyl sites for hydroxylation is 1. The molecule has 30 heavy (non-hydrogen) atoms. The summed E-state index contributed by atoms with van der Waals surface area (Å²) in [7, 11) is 0. The van der Waals surface area contributed by atoms with Gasteiger partial charge < -0.3 is 0 Å². The van der Waals surface area contributed by atoms with Crippen LogP contribution < -0.4 is 0 Å². The maximum atomic E-state index is 14.7. The summed E-state index contributed by atoms with van der Waals surface area (Å²) in [6.07, 6.45) is 3.01. The van der Waals surface area contributed by atoms with Gasteiger partial charge in [-0.1, -0.05) is 23.7 Å². The van der Waals surface area contributed by atoms with Gasteiger partial charge >= 0.3 is 0 Å². The average Bonchev–Trinajstić information content (AvgIpc) is 3.10. The summed E-state index contributed by atoms with van der Waals surface area (Å²) in [5, 5.41) is 8.84. The molecule has 2 aromatic carbocycles. The summed E-state index contributed by atoms with van der Waals surface area (Å²) in [6.45, 7) is 1.88. The number of aromatic nitrogens is 5. The van der Waals surface area contributed by atoms with Gasteiger partial charge in [0.15, 0.2) is 11.6 Å². The molecule has 0 unspecified atom stereocenters. The molecule has 4 aromatic rings. The van der Waals surface area contributed by atoms with Crippen LogP contribution in [0.15, 0.2) is 53.9 Å². The molecule has 0 fully saturated rings. The lowest BCUT2D eigenvalue weighted by molar-refractivity contribution is 0.579. The minimum atomic E-state index is -0.717. The number of hydrogen-bond donors (Lipinski definition) is 0. The van der Waals surface area contributed by atoms with Crippen LogP contribution in [-0.2, 0) is 6.54 Å². The Labute approximate surface area is 174 Å². The van der Waals surface area contributed by atoms with E-state index < -0.39 is 11.6 Å². The molecular formula is C21H13ClF2N6. The van der Waals surface area contributed by atoms with Gasteiger partial charge in [-0.25, -0.2) is 18.7 Å². The SMILES string of the molecule is Cc1ccc2c(c1Cl)C(c1c(F)cccc1F)=NCc1nnc(-c3ccncn3)n1-2. The molecule has 1 aliphatic heterocycles. The Balaban J connectivity index is 1.84. The second-order valence-electron chi connectivity index (χ2n) is 6.72. The topological polar surface area (TPSA) is 68.8 Å². The second-order valence-corrected chi connectivity index (χ2v) is 7.10. The van der Waals surface area contributed by atoms with Crippen molar-refractivity contribution >= 4 is 17.3 Å². The van der Waals surface area contributed by atoms with Crippen molar-refractivity contribution in [3.05, 3.63) is 88.1 Å². The molecule has 0 atom stereocenters. The fraction of sp³-hybridized carbons (Fsp3) is 0.0952. The molecule has 0 amide bonds. The molecule has 0 radical (unpaired) electrons. The van der Waals surface area contributed by atoms with E-state index in [-0.39, 0.29) is 17.8 Å². The lowest BCUT2D eigenvalue weighted by Crippen LogP contribution is -2.13. The molecule has 5 rings (SSSR count). The number of benzene rings is 2. The molecule has 0 N–H and O–H groups in total. The zero-order chi connectivity index (χ0) is 20.8. The van der Waals surface area contributed by atoms with Gasteiger partial charge in [0.05, 0.1) is 22.0 Å². The normalized spacial score (nSPS) is 12.7. The standard InChI is InChI=1S/C21H13ClF2N6/c1-11-5-6-15-18(19(11)22)20(17-12(23)3-2-4-13(17)24)26-9-16-28-29-21(30(15)16)14-7-8-25-10-27-14/h2-8,10H,9H2,1H3. The zero-order valence-corrected chi connectivity index (χ0v) is 16.4. The monoisotopic (exact) mass is 422 g/mol.